The minimum Gasteiger partial charge on any atom is -0.484 e. The Bertz CT molecular complexity index is 691. The molecule has 0 aliphatic heterocycles. The van der Waals surface area contributed by atoms with Crippen molar-refractivity contribution < 1.29 is 9.53 Å². The van der Waals surface area contributed by atoms with Crippen LogP contribution >= 0.6 is 0 Å². The number of carbonyl (C=O) groups is 1. The molecule has 1 amide bonds. The minimum atomic E-state index is -0.185. The Balaban J connectivity index is 1.93. The lowest BCUT2D eigenvalue weighted by atomic mass is 10.1. The molecule has 0 spiro atoms. The molecule has 24 heavy (non-hydrogen) atoms. The van der Waals surface area contributed by atoms with Crippen LogP contribution in [0.5, 0.6) is 5.75 Å². The van der Waals surface area contributed by atoms with Crippen molar-refractivity contribution in [2.24, 2.45) is 0 Å². The van der Waals surface area contributed by atoms with Gasteiger partial charge in [-0.3, -0.25) is 4.79 Å². The maximum absolute atomic E-state index is 12.2. The molecule has 0 bridgehead atoms. The van der Waals surface area contributed by atoms with Gasteiger partial charge < -0.3 is 15.0 Å². The summed E-state index contributed by atoms with van der Waals surface area (Å²) >= 11 is 0. The first-order chi connectivity index (χ1) is 11.6. The first-order valence-electron chi connectivity index (χ1n) is 7.70. The van der Waals surface area contributed by atoms with Gasteiger partial charge in [-0.05, 0) is 43.9 Å². The van der Waals surface area contributed by atoms with E-state index in [1.165, 1.54) is 0 Å². The van der Waals surface area contributed by atoms with Crippen LogP contribution in [-0.2, 0) is 4.79 Å². The summed E-state index contributed by atoms with van der Waals surface area (Å²) < 4.78 is 5.47. The SMILES string of the molecule is CN(C)C[C@@H](NC(=O)COc1ccc(C#N)cc1)c1ccccc1. The standard InChI is InChI=1S/C19H21N3O2/c1-22(2)13-18(16-6-4-3-5-7-16)21-19(23)14-24-17-10-8-15(12-20)9-11-17/h3-11,18H,13-14H2,1-2H3,(H,21,23)/t18-/m1/s1. The fourth-order valence-corrected chi connectivity index (χ4v) is 2.30. The predicted molar refractivity (Wildman–Crippen MR) is 92.5 cm³/mol. The fourth-order valence-electron chi connectivity index (χ4n) is 2.30. The molecular formula is C19H21N3O2. The van der Waals surface area contributed by atoms with Gasteiger partial charge in [0.2, 0.25) is 0 Å². The van der Waals surface area contributed by atoms with E-state index in [9.17, 15) is 4.79 Å². The number of rotatable bonds is 7. The van der Waals surface area contributed by atoms with Crippen molar-refractivity contribution in [1.29, 1.82) is 5.26 Å². The molecule has 124 valence electrons. The quantitative estimate of drug-likeness (QED) is 0.849. The van der Waals surface area contributed by atoms with E-state index in [2.05, 4.69) is 5.32 Å². The van der Waals surface area contributed by atoms with Gasteiger partial charge in [-0.15, -0.1) is 0 Å². The van der Waals surface area contributed by atoms with E-state index < -0.39 is 0 Å². The largest absolute Gasteiger partial charge is 0.484 e. The molecule has 0 aliphatic carbocycles. The maximum Gasteiger partial charge on any atom is 0.258 e. The van der Waals surface area contributed by atoms with Gasteiger partial charge in [-0.25, -0.2) is 0 Å². The summed E-state index contributed by atoms with van der Waals surface area (Å²) in [6.45, 7) is 0.634. The third kappa shape index (κ3) is 5.41. The molecule has 0 unspecified atom stereocenters. The number of amides is 1. The smallest absolute Gasteiger partial charge is 0.258 e. The Kier molecular flexibility index (Phi) is 6.35. The van der Waals surface area contributed by atoms with Crippen molar-refractivity contribution in [2.75, 3.05) is 27.2 Å². The molecule has 5 heteroatoms. The van der Waals surface area contributed by atoms with E-state index in [1.807, 2.05) is 55.4 Å². The molecule has 0 aliphatic rings. The molecule has 2 aromatic carbocycles. The molecule has 0 heterocycles. The van der Waals surface area contributed by atoms with Gasteiger partial charge in [0.1, 0.15) is 5.75 Å². The zero-order chi connectivity index (χ0) is 17.4. The summed E-state index contributed by atoms with van der Waals surface area (Å²) in [6.07, 6.45) is 0. The van der Waals surface area contributed by atoms with Crippen LogP contribution < -0.4 is 10.1 Å². The fraction of sp³-hybridized carbons (Fsp3) is 0.263. The summed E-state index contributed by atoms with van der Waals surface area (Å²) in [5.74, 6) is 0.378. The highest BCUT2D eigenvalue weighted by Gasteiger charge is 2.15. The lowest BCUT2D eigenvalue weighted by Crippen LogP contribution is -2.37. The number of nitrogens with one attached hydrogen (secondary N) is 1. The first kappa shape index (κ1) is 17.5. The average Bonchev–Trinajstić information content (AvgIpc) is 2.60. The van der Waals surface area contributed by atoms with Crippen molar-refractivity contribution in [3.8, 4) is 11.8 Å². The Morgan fingerprint density at radius 2 is 1.83 bits per heavy atom. The van der Waals surface area contributed by atoms with Crippen molar-refractivity contribution in [2.45, 2.75) is 6.04 Å². The van der Waals surface area contributed by atoms with Crippen LogP contribution in [0.3, 0.4) is 0 Å². The zero-order valence-corrected chi connectivity index (χ0v) is 13.9. The van der Waals surface area contributed by atoms with Crippen LogP contribution in [0.1, 0.15) is 17.2 Å². The molecule has 0 aromatic heterocycles. The molecule has 0 radical (unpaired) electrons. The second kappa shape index (κ2) is 8.70. The van der Waals surface area contributed by atoms with E-state index >= 15 is 0 Å². The van der Waals surface area contributed by atoms with Crippen molar-refractivity contribution >= 4 is 5.91 Å². The second-order valence-corrected chi connectivity index (χ2v) is 5.72. The average molecular weight is 323 g/mol. The molecule has 5 nitrogen and oxygen atoms in total. The minimum absolute atomic E-state index is 0.0668. The van der Waals surface area contributed by atoms with Crippen molar-refractivity contribution in [1.82, 2.24) is 10.2 Å². The molecule has 0 saturated heterocycles. The molecule has 0 saturated carbocycles. The number of hydrogen-bond donors (Lipinski definition) is 1. The molecule has 1 atom stereocenters. The third-order valence-corrected chi connectivity index (χ3v) is 3.44. The maximum atomic E-state index is 12.2. The van der Waals surface area contributed by atoms with Gasteiger partial charge >= 0.3 is 0 Å². The Morgan fingerprint density at radius 1 is 1.17 bits per heavy atom. The number of likely N-dealkylation sites (N-methyl/N-ethyl adjacent to an activating group) is 1. The lowest BCUT2D eigenvalue weighted by molar-refractivity contribution is -0.124. The van der Waals surface area contributed by atoms with Gasteiger partial charge in [-0.2, -0.15) is 5.26 Å². The number of benzene rings is 2. The summed E-state index contributed by atoms with van der Waals surface area (Å²) in [6, 6.07) is 18.5. The number of ether oxygens (including phenoxy) is 1. The molecule has 1 N–H and O–H groups in total. The van der Waals surface area contributed by atoms with E-state index in [4.69, 9.17) is 10.00 Å². The van der Waals surface area contributed by atoms with E-state index in [0.717, 1.165) is 5.56 Å². The van der Waals surface area contributed by atoms with Crippen molar-refractivity contribution in [3.63, 3.8) is 0 Å². The number of hydrogen-bond acceptors (Lipinski definition) is 4. The van der Waals surface area contributed by atoms with Gasteiger partial charge in [0.15, 0.2) is 6.61 Å². The van der Waals surface area contributed by atoms with Crippen LogP contribution in [0, 0.1) is 11.3 Å². The van der Waals surface area contributed by atoms with Crippen LogP contribution in [-0.4, -0.2) is 38.1 Å². The van der Waals surface area contributed by atoms with Crippen LogP contribution in [0.4, 0.5) is 0 Å². The van der Waals surface area contributed by atoms with Crippen molar-refractivity contribution in [3.05, 3.63) is 65.7 Å². The molecule has 2 aromatic rings. The predicted octanol–water partition coefficient (Wildman–Crippen LogP) is 2.36. The molecule has 0 fully saturated rings. The Hall–Kier alpha value is -2.84. The second-order valence-electron chi connectivity index (χ2n) is 5.72. The van der Waals surface area contributed by atoms with Gasteiger partial charge in [-0.1, -0.05) is 30.3 Å². The van der Waals surface area contributed by atoms with E-state index in [-0.39, 0.29) is 18.6 Å². The first-order valence-corrected chi connectivity index (χ1v) is 7.70. The van der Waals surface area contributed by atoms with Crippen LogP contribution in [0.25, 0.3) is 0 Å². The summed E-state index contributed by atoms with van der Waals surface area (Å²) in [4.78, 5) is 14.2. The Morgan fingerprint density at radius 3 is 2.42 bits per heavy atom. The van der Waals surface area contributed by atoms with E-state index in [0.29, 0.717) is 17.9 Å². The van der Waals surface area contributed by atoms with E-state index in [1.54, 1.807) is 24.3 Å². The highest BCUT2D eigenvalue weighted by atomic mass is 16.5. The Labute approximate surface area is 142 Å². The molecule has 2 rings (SSSR count). The van der Waals surface area contributed by atoms with Gasteiger partial charge in [0.25, 0.3) is 5.91 Å². The zero-order valence-electron chi connectivity index (χ0n) is 13.9. The van der Waals surface area contributed by atoms with Gasteiger partial charge in [0.05, 0.1) is 17.7 Å². The summed E-state index contributed by atoms with van der Waals surface area (Å²) in [5.41, 5.74) is 1.61. The third-order valence-electron chi connectivity index (χ3n) is 3.44. The number of carbonyl (C=O) groups excluding carboxylic acids is 1. The van der Waals surface area contributed by atoms with Crippen LogP contribution in [0.15, 0.2) is 54.6 Å². The topological polar surface area (TPSA) is 65.4 Å². The van der Waals surface area contributed by atoms with Gasteiger partial charge in [0, 0.05) is 6.54 Å². The summed E-state index contributed by atoms with van der Waals surface area (Å²) in [7, 11) is 3.94. The lowest BCUT2D eigenvalue weighted by Gasteiger charge is -2.23. The highest BCUT2D eigenvalue weighted by Crippen LogP contribution is 2.14. The monoisotopic (exact) mass is 323 g/mol. The molecular weight excluding hydrogens is 302 g/mol. The number of nitriles is 1. The number of nitrogens with zero attached hydrogens (tertiary/aromatic N) is 2. The summed E-state index contributed by atoms with van der Waals surface area (Å²) in [5, 5.41) is 11.8. The van der Waals surface area contributed by atoms with Crippen LogP contribution in [0.2, 0.25) is 0 Å². The highest BCUT2D eigenvalue weighted by molar-refractivity contribution is 5.78. The normalized spacial score (nSPS) is 11.6.